The van der Waals surface area contributed by atoms with Crippen LogP contribution < -0.4 is 10.0 Å². The van der Waals surface area contributed by atoms with Gasteiger partial charge in [-0.2, -0.15) is 0 Å². The topological polar surface area (TPSA) is 111 Å². The highest BCUT2D eigenvalue weighted by Crippen LogP contribution is 2.13. The second-order valence-corrected chi connectivity index (χ2v) is 6.70. The molecule has 0 fully saturated rings. The molecule has 0 saturated heterocycles. The molecule has 0 atom stereocenters. The van der Waals surface area contributed by atoms with Crippen LogP contribution in [0.3, 0.4) is 0 Å². The molecule has 1 rings (SSSR count). The van der Waals surface area contributed by atoms with E-state index in [9.17, 15) is 18.0 Å². The van der Waals surface area contributed by atoms with Gasteiger partial charge in [-0.3, -0.25) is 0 Å². The zero-order chi connectivity index (χ0) is 17.5. The van der Waals surface area contributed by atoms with Gasteiger partial charge in [0.2, 0.25) is 0 Å². The zero-order valence-corrected chi connectivity index (χ0v) is 14.1. The first kappa shape index (κ1) is 19.0. The van der Waals surface area contributed by atoms with Gasteiger partial charge in [0, 0.05) is 5.02 Å². The Morgan fingerprint density at radius 3 is 2.35 bits per heavy atom. The van der Waals surface area contributed by atoms with Crippen molar-refractivity contribution in [2.24, 2.45) is 0 Å². The molecule has 0 aliphatic heterocycles. The van der Waals surface area contributed by atoms with E-state index in [1.807, 2.05) is 0 Å². The van der Waals surface area contributed by atoms with E-state index in [1.165, 1.54) is 24.3 Å². The highest BCUT2D eigenvalue weighted by molar-refractivity contribution is 7.90. The monoisotopic (exact) mass is 364 g/mol. The van der Waals surface area contributed by atoms with Gasteiger partial charge in [0.15, 0.2) is 0 Å². The van der Waals surface area contributed by atoms with Gasteiger partial charge in [0.05, 0.1) is 17.5 Å². The first-order chi connectivity index (χ1) is 10.7. The predicted molar refractivity (Wildman–Crippen MR) is 82.7 cm³/mol. The van der Waals surface area contributed by atoms with Crippen molar-refractivity contribution in [3.05, 3.63) is 29.3 Å². The zero-order valence-electron chi connectivity index (χ0n) is 12.5. The highest BCUT2D eigenvalue weighted by Gasteiger charge is 2.18. The smallest absolute Gasteiger partial charge is 0.421 e. The molecule has 0 aromatic heterocycles. The molecule has 10 heteroatoms. The number of benzene rings is 1. The van der Waals surface area contributed by atoms with Gasteiger partial charge in [-0.15, -0.1) is 0 Å². The van der Waals surface area contributed by atoms with Crippen molar-refractivity contribution >= 4 is 33.8 Å². The van der Waals surface area contributed by atoms with Crippen LogP contribution in [0.4, 0.5) is 9.59 Å². The second-order valence-electron chi connectivity index (χ2n) is 4.58. The predicted octanol–water partition coefficient (Wildman–Crippen LogP) is 1.89. The molecule has 0 unspecified atom stereocenters. The summed E-state index contributed by atoms with van der Waals surface area (Å²) in [6.45, 7) is 3.14. The second kappa shape index (κ2) is 8.59. The average molecular weight is 365 g/mol. The molecule has 0 heterocycles. The van der Waals surface area contributed by atoms with Crippen molar-refractivity contribution in [2.45, 2.75) is 24.8 Å². The third-order valence-corrected chi connectivity index (χ3v) is 3.87. The number of sulfonamides is 1. The molecule has 1 aromatic rings. The van der Waals surface area contributed by atoms with Crippen molar-refractivity contribution in [3.63, 3.8) is 0 Å². The fourth-order valence-electron chi connectivity index (χ4n) is 1.36. The lowest BCUT2D eigenvalue weighted by Crippen LogP contribution is -2.34. The Morgan fingerprint density at radius 2 is 1.78 bits per heavy atom. The quantitative estimate of drug-likeness (QED) is 0.746. The number of nitrogens with one attached hydrogen (secondary N) is 2. The molecule has 2 amide bonds. The number of rotatable bonds is 6. The number of hydrogen-bond acceptors (Lipinski definition) is 6. The third-order valence-electron chi connectivity index (χ3n) is 2.29. The Kier molecular flexibility index (Phi) is 7.11. The number of amides is 2. The molecular weight excluding hydrogens is 348 g/mol. The van der Waals surface area contributed by atoms with Gasteiger partial charge >= 0.3 is 12.2 Å². The Balaban J connectivity index is 2.38. The molecule has 2 N–H and O–H groups in total. The Morgan fingerprint density at radius 1 is 1.17 bits per heavy atom. The highest BCUT2D eigenvalue weighted by atomic mass is 35.5. The molecule has 8 nitrogen and oxygen atoms in total. The number of carbonyl (C=O) groups excluding carboxylic acids is 2. The summed E-state index contributed by atoms with van der Waals surface area (Å²) >= 11 is 5.66. The molecule has 0 saturated carbocycles. The molecule has 23 heavy (non-hydrogen) atoms. The van der Waals surface area contributed by atoms with E-state index in [2.05, 4.69) is 10.1 Å². The van der Waals surface area contributed by atoms with E-state index >= 15 is 0 Å². The number of alkyl carbamates (subject to hydrolysis) is 1. The van der Waals surface area contributed by atoms with Crippen molar-refractivity contribution in [3.8, 4) is 0 Å². The largest absolute Gasteiger partial charge is 0.447 e. The minimum Gasteiger partial charge on any atom is -0.447 e. The van der Waals surface area contributed by atoms with Gasteiger partial charge < -0.3 is 14.8 Å². The van der Waals surface area contributed by atoms with Gasteiger partial charge in [0.25, 0.3) is 10.0 Å². The molecule has 0 aliphatic rings. The molecule has 0 spiro atoms. The molecule has 0 bridgehead atoms. The van der Waals surface area contributed by atoms with Crippen LogP contribution in [0, 0.1) is 0 Å². The summed E-state index contributed by atoms with van der Waals surface area (Å²) in [6, 6.07) is 5.26. The summed E-state index contributed by atoms with van der Waals surface area (Å²) in [6.07, 6.45) is -2.08. The summed E-state index contributed by atoms with van der Waals surface area (Å²) in [4.78, 5) is 22.5. The number of hydrogen-bond donors (Lipinski definition) is 2. The van der Waals surface area contributed by atoms with E-state index < -0.39 is 22.2 Å². The maximum atomic E-state index is 11.9. The van der Waals surface area contributed by atoms with Gasteiger partial charge in [-0.25, -0.2) is 22.7 Å². The molecular formula is C13H17ClN2O6S. The van der Waals surface area contributed by atoms with Crippen LogP contribution in [0.2, 0.25) is 5.02 Å². The first-order valence-corrected chi connectivity index (χ1v) is 8.46. The summed E-state index contributed by atoms with van der Waals surface area (Å²) in [7, 11) is -4.04. The van der Waals surface area contributed by atoms with Crippen LogP contribution in [0.5, 0.6) is 0 Å². The van der Waals surface area contributed by atoms with Crippen molar-refractivity contribution < 1.29 is 27.5 Å². The van der Waals surface area contributed by atoms with E-state index in [0.29, 0.717) is 5.02 Å². The minimum atomic E-state index is -4.04. The van der Waals surface area contributed by atoms with Crippen LogP contribution >= 0.6 is 11.6 Å². The number of halogens is 1. The maximum absolute atomic E-state index is 11.9. The van der Waals surface area contributed by atoms with Gasteiger partial charge in [-0.05, 0) is 38.1 Å². The Labute approximate surface area is 139 Å². The van der Waals surface area contributed by atoms with Crippen LogP contribution in [0.15, 0.2) is 29.2 Å². The molecule has 0 aliphatic carbocycles. The van der Waals surface area contributed by atoms with Crippen molar-refractivity contribution in [1.29, 1.82) is 0 Å². The average Bonchev–Trinajstić information content (AvgIpc) is 2.43. The molecule has 0 radical (unpaired) electrons. The van der Waals surface area contributed by atoms with Crippen LogP contribution in [-0.4, -0.2) is 39.9 Å². The van der Waals surface area contributed by atoms with E-state index in [4.69, 9.17) is 16.3 Å². The summed E-state index contributed by atoms with van der Waals surface area (Å²) in [5.74, 6) is 0. The van der Waals surface area contributed by atoms with E-state index in [-0.39, 0.29) is 24.2 Å². The molecule has 128 valence electrons. The fraction of sp³-hybridized carbons (Fsp3) is 0.385. The standard InChI is InChI=1S/C13H17ClN2O6S/c1-9(2)22-12(17)15-7-8-21-13(18)16-23(19,20)11-5-3-10(14)4-6-11/h3-6,9H,7-8H2,1-2H3,(H,15,17)(H,16,18). The van der Waals surface area contributed by atoms with Crippen LogP contribution in [-0.2, 0) is 19.5 Å². The van der Waals surface area contributed by atoms with Crippen molar-refractivity contribution in [1.82, 2.24) is 10.0 Å². The van der Waals surface area contributed by atoms with E-state index in [0.717, 1.165) is 0 Å². The van der Waals surface area contributed by atoms with Crippen molar-refractivity contribution in [2.75, 3.05) is 13.2 Å². The first-order valence-electron chi connectivity index (χ1n) is 6.60. The fourth-order valence-corrected chi connectivity index (χ4v) is 2.38. The van der Waals surface area contributed by atoms with Crippen LogP contribution in [0.1, 0.15) is 13.8 Å². The summed E-state index contributed by atoms with van der Waals surface area (Å²) in [5, 5.41) is 2.71. The Bertz CT molecular complexity index is 645. The number of ether oxygens (including phenoxy) is 2. The third kappa shape index (κ3) is 7.20. The summed E-state index contributed by atoms with van der Waals surface area (Å²) in [5.41, 5.74) is 0. The lowest BCUT2D eigenvalue weighted by molar-refractivity contribution is 0.110. The lowest BCUT2D eigenvalue weighted by atomic mass is 10.4. The normalized spacial score (nSPS) is 11.0. The van der Waals surface area contributed by atoms with Gasteiger partial charge in [-0.1, -0.05) is 11.6 Å². The summed E-state index contributed by atoms with van der Waals surface area (Å²) < 4.78 is 34.9. The minimum absolute atomic E-state index is 0.0139. The Hall–Kier alpha value is -2.00. The SMILES string of the molecule is CC(C)OC(=O)NCCOC(=O)NS(=O)(=O)c1ccc(Cl)cc1. The molecule has 1 aromatic carbocycles. The maximum Gasteiger partial charge on any atom is 0.421 e. The van der Waals surface area contributed by atoms with Crippen LogP contribution in [0.25, 0.3) is 0 Å². The van der Waals surface area contributed by atoms with E-state index in [1.54, 1.807) is 18.6 Å². The van der Waals surface area contributed by atoms with Gasteiger partial charge in [0.1, 0.15) is 6.61 Å². The number of carbonyl (C=O) groups is 2. The lowest BCUT2D eigenvalue weighted by Gasteiger charge is -2.10.